The van der Waals surface area contributed by atoms with E-state index in [4.69, 9.17) is 5.11 Å². The monoisotopic (exact) mass is 241 g/mol. The van der Waals surface area contributed by atoms with E-state index in [0.29, 0.717) is 25.4 Å². The number of nitrogens with zero attached hydrogens (tertiary/aromatic N) is 1. The number of hydrogen-bond acceptors (Lipinski definition) is 3. The zero-order valence-electron chi connectivity index (χ0n) is 9.89. The molecule has 17 heavy (non-hydrogen) atoms. The number of likely N-dealkylation sites (tertiary alicyclic amines) is 1. The molecule has 2 N–H and O–H groups in total. The second kappa shape index (κ2) is 4.64. The third kappa shape index (κ3) is 2.60. The van der Waals surface area contributed by atoms with E-state index in [1.165, 1.54) is 6.42 Å². The summed E-state index contributed by atoms with van der Waals surface area (Å²) in [6.45, 7) is 0.711. The van der Waals surface area contributed by atoms with E-state index in [-0.39, 0.29) is 18.7 Å². The lowest BCUT2D eigenvalue weighted by Gasteiger charge is -2.36. The number of hydrogen-bond donors (Lipinski definition) is 2. The van der Waals surface area contributed by atoms with Gasteiger partial charge in [0.2, 0.25) is 5.91 Å². The second-order valence-corrected chi connectivity index (χ2v) is 5.22. The van der Waals surface area contributed by atoms with Gasteiger partial charge >= 0.3 is 5.97 Å². The molecular formula is C12H19NO4. The molecule has 1 saturated heterocycles. The van der Waals surface area contributed by atoms with Gasteiger partial charge in [0.25, 0.3) is 0 Å². The summed E-state index contributed by atoms with van der Waals surface area (Å²) in [4.78, 5) is 24.4. The molecule has 0 atom stereocenters. The van der Waals surface area contributed by atoms with Gasteiger partial charge in [-0.15, -0.1) is 0 Å². The van der Waals surface area contributed by atoms with Crippen molar-refractivity contribution in [2.45, 2.75) is 44.1 Å². The Hall–Kier alpha value is -1.10. The van der Waals surface area contributed by atoms with E-state index < -0.39 is 11.6 Å². The maximum Gasteiger partial charge on any atom is 0.335 e. The van der Waals surface area contributed by atoms with Gasteiger partial charge in [-0.3, -0.25) is 4.79 Å². The van der Waals surface area contributed by atoms with Gasteiger partial charge in [-0.25, -0.2) is 4.79 Å². The van der Waals surface area contributed by atoms with Crippen LogP contribution in [0, 0.1) is 5.92 Å². The van der Waals surface area contributed by atoms with Crippen molar-refractivity contribution in [3.63, 3.8) is 0 Å². The van der Waals surface area contributed by atoms with Crippen molar-refractivity contribution >= 4 is 11.9 Å². The van der Waals surface area contributed by atoms with Crippen LogP contribution >= 0.6 is 0 Å². The summed E-state index contributed by atoms with van der Waals surface area (Å²) in [5.74, 6) is -0.534. The largest absolute Gasteiger partial charge is 0.479 e. The van der Waals surface area contributed by atoms with Crippen LogP contribution in [0.2, 0.25) is 0 Å². The molecule has 0 radical (unpaired) electrons. The highest BCUT2D eigenvalue weighted by molar-refractivity contribution is 5.79. The zero-order valence-corrected chi connectivity index (χ0v) is 9.89. The molecule has 2 aliphatic rings. The first kappa shape index (κ1) is 12.4. The minimum Gasteiger partial charge on any atom is -0.479 e. The third-order valence-corrected chi connectivity index (χ3v) is 4.03. The summed E-state index contributed by atoms with van der Waals surface area (Å²) in [5.41, 5.74) is -1.63. The van der Waals surface area contributed by atoms with Crippen molar-refractivity contribution in [2.75, 3.05) is 13.1 Å². The molecule has 2 fully saturated rings. The summed E-state index contributed by atoms with van der Waals surface area (Å²) >= 11 is 0. The molecule has 0 bridgehead atoms. The predicted molar refractivity (Wildman–Crippen MR) is 60.4 cm³/mol. The Morgan fingerprint density at radius 2 is 1.82 bits per heavy atom. The van der Waals surface area contributed by atoms with E-state index in [1.807, 2.05) is 0 Å². The normalized spacial score (nSPS) is 24.2. The Bertz CT molecular complexity index is 316. The number of rotatable bonds is 3. The van der Waals surface area contributed by atoms with Crippen LogP contribution in [-0.2, 0) is 9.59 Å². The first-order valence-electron chi connectivity index (χ1n) is 6.25. The fourth-order valence-corrected chi connectivity index (χ4v) is 2.41. The van der Waals surface area contributed by atoms with Crippen LogP contribution in [0.1, 0.15) is 38.5 Å². The lowest BCUT2D eigenvalue weighted by molar-refractivity contribution is -0.165. The molecule has 1 heterocycles. The Balaban J connectivity index is 1.81. The van der Waals surface area contributed by atoms with Gasteiger partial charge in [-0.2, -0.15) is 0 Å². The lowest BCUT2D eigenvalue weighted by Crippen LogP contribution is -2.51. The summed E-state index contributed by atoms with van der Waals surface area (Å²) in [7, 11) is 0. The van der Waals surface area contributed by atoms with Gasteiger partial charge < -0.3 is 15.1 Å². The van der Waals surface area contributed by atoms with E-state index >= 15 is 0 Å². The Labute approximate surface area is 100 Å². The van der Waals surface area contributed by atoms with Crippen LogP contribution in [-0.4, -0.2) is 45.7 Å². The Morgan fingerprint density at radius 1 is 1.24 bits per heavy atom. The molecule has 1 aliphatic heterocycles. The van der Waals surface area contributed by atoms with Gasteiger partial charge in [0.1, 0.15) is 0 Å². The number of carbonyl (C=O) groups is 2. The van der Waals surface area contributed by atoms with Crippen LogP contribution in [0.25, 0.3) is 0 Å². The number of carboxylic acid groups (broad SMARTS) is 1. The first-order chi connectivity index (χ1) is 8.01. The molecule has 0 unspecified atom stereocenters. The standard InChI is InChI=1S/C12H19NO4/c14-10(8-9-2-1-3-9)13-6-4-12(17,5-7-13)11(15)16/h9,17H,1-8H2,(H,15,16). The molecule has 0 aromatic carbocycles. The average molecular weight is 241 g/mol. The molecule has 96 valence electrons. The van der Waals surface area contributed by atoms with Gasteiger partial charge in [-0.1, -0.05) is 6.42 Å². The minimum absolute atomic E-state index is 0.113. The number of aliphatic hydroxyl groups is 1. The maximum atomic E-state index is 11.9. The molecule has 5 heteroatoms. The topological polar surface area (TPSA) is 77.8 Å². The first-order valence-corrected chi connectivity index (χ1v) is 6.25. The highest BCUT2D eigenvalue weighted by atomic mass is 16.4. The van der Waals surface area contributed by atoms with Gasteiger partial charge in [-0.05, 0) is 18.8 Å². The van der Waals surface area contributed by atoms with Crippen molar-refractivity contribution in [1.82, 2.24) is 4.90 Å². The van der Waals surface area contributed by atoms with Crippen molar-refractivity contribution in [2.24, 2.45) is 5.92 Å². The fourth-order valence-electron chi connectivity index (χ4n) is 2.41. The van der Waals surface area contributed by atoms with E-state index in [2.05, 4.69) is 0 Å². The van der Waals surface area contributed by atoms with Crippen LogP contribution in [0.5, 0.6) is 0 Å². The highest BCUT2D eigenvalue weighted by Crippen LogP contribution is 2.31. The maximum absolute atomic E-state index is 11.9. The predicted octanol–water partition coefficient (Wildman–Crippen LogP) is 0.615. The molecule has 0 aromatic heterocycles. The minimum atomic E-state index is -1.63. The second-order valence-electron chi connectivity index (χ2n) is 5.22. The van der Waals surface area contributed by atoms with Gasteiger partial charge in [0.15, 0.2) is 5.60 Å². The highest BCUT2D eigenvalue weighted by Gasteiger charge is 2.40. The van der Waals surface area contributed by atoms with E-state index in [0.717, 1.165) is 12.8 Å². The van der Waals surface area contributed by atoms with Crippen LogP contribution in [0.3, 0.4) is 0 Å². The summed E-state index contributed by atoms with van der Waals surface area (Å²) < 4.78 is 0. The number of piperidine rings is 1. The summed E-state index contributed by atoms with van der Waals surface area (Å²) in [6, 6.07) is 0. The van der Waals surface area contributed by atoms with E-state index in [9.17, 15) is 14.7 Å². The van der Waals surface area contributed by atoms with Crippen molar-refractivity contribution in [1.29, 1.82) is 0 Å². The zero-order chi connectivity index (χ0) is 12.5. The van der Waals surface area contributed by atoms with Gasteiger partial charge in [0, 0.05) is 32.4 Å². The van der Waals surface area contributed by atoms with Crippen LogP contribution in [0.4, 0.5) is 0 Å². The summed E-state index contributed by atoms with van der Waals surface area (Å²) in [5, 5.41) is 18.6. The molecule has 0 spiro atoms. The average Bonchev–Trinajstić information content (AvgIpc) is 2.24. The SMILES string of the molecule is O=C(CC1CCC1)N1CCC(O)(C(=O)O)CC1. The van der Waals surface area contributed by atoms with Crippen molar-refractivity contribution in [3.8, 4) is 0 Å². The Kier molecular flexibility index (Phi) is 3.38. The van der Waals surface area contributed by atoms with Crippen molar-refractivity contribution in [3.05, 3.63) is 0 Å². The molecule has 1 amide bonds. The molecular weight excluding hydrogens is 222 g/mol. The smallest absolute Gasteiger partial charge is 0.335 e. The van der Waals surface area contributed by atoms with Crippen molar-refractivity contribution < 1.29 is 19.8 Å². The lowest BCUT2D eigenvalue weighted by atomic mass is 9.82. The molecule has 1 saturated carbocycles. The number of carboxylic acids is 1. The fraction of sp³-hybridized carbons (Fsp3) is 0.833. The molecule has 0 aromatic rings. The Morgan fingerprint density at radius 3 is 2.24 bits per heavy atom. The van der Waals surface area contributed by atoms with E-state index in [1.54, 1.807) is 4.90 Å². The molecule has 2 rings (SSSR count). The van der Waals surface area contributed by atoms with Crippen LogP contribution in [0.15, 0.2) is 0 Å². The van der Waals surface area contributed by atoms with Gasteiger partial charge in [0.05, 0.1) is 0 Å². The number of amides is 1. The quantitative estimate of drug-likeness (QED) is 0.759. The number of aliphatic carboxylic acids is 1. The number of carbonyl (C=O) groups excluding carboxylic acids is 1. The van der Waals surface area contributed by atoms with Crippen LogP contribution < -0.4 is 0 Å². The molecule has 1 aliphatic carbocycles. The third-order valence-electron chi connectivity index (χ3n) is 4.03. The molecule has 5 nitrogen and oxygen atoms in total. The summed E-state index contributed by atoms with van der Waals surface area (Å²) in [6.07, 6.45) is 4.36.